The van der Waals surface area contributed by atoms with Gasteiger partial charge in [0, 0.05) is 24.0 Å². The molecule has 0 aliphatic rings. The van der Waals surface area contributed by atoms with Gasteiger partial charge in [0.15, 0.2) is 5.96 Å². The molecule has 0 aliphatic heterocycles. The van der Waals surface area contributed by atoms with Gasteiger partial charge in [-0.3, -0.25) is 0 Å². The van der Waals surface area contributed by atoms with E-state index in [0.29, 0.717) is 19.5 Å². The van der Waals surface area contributed by atoms with Crippen molar-refractivity contribution in [1.82, 2.24) is 15.6 Å². The SMILES string of the molecule is CCNC(=NCc1csc(-c2ccc(OC)cc2)n1)NCCC(O)c1ccccc1. The predicted molar refractivity (Wildman–Crippen MR) is 123 cm³/mol. The van der Waals surface area contributed by atoms with Crippen LogP contribution in [0.4, 0.5) is 0 Å². The molecule has 30 heavy (non-hydrogen) atoms. The molecule has 1 heterocycles. The van der Waals surface area contributed by atoms with Gasteiger partial charge >= 0.3 is 0 Å². The number of aliphatic hydroxyl groups excluding tert-OH is 1. The lowest BCUT2D eigenvalue weighted by molar-refractivity contribution is 0.168. The first-order valence-corrected chi connectivity index (χ1v) is 10.9. The molecule has 0 amide bonds. The van der Waals surface area contributed by atoms with E-state index in [1.807, 2.05) is 66.9 Å². The van der Waals surface area contributed by atoms with Crippen molar-refractivity contribution in [2.45, 2.75) is 26.0 Å². The van der Waals surface area contributed by atoms with Crippen LogP contribution in [0.2, 0.25) is 0 Å². The zero-order chi connectivity index (χ0) is 21.2. The van der Waals surface area contributed by atoms with E-state index in [2.05, 4.69) is 15.6 Å². The lowest BCUT2D eigenvalue weighted by atomic mass is 10.1. The summed E-state index contributed by atoms with van der Waals surface area (Å²) in [6, 6.07) is 17.6. The number of nitrogens with zero attached hydrogens (tertiary/aromatic N) is 2. The van der Waals surface area contributed by atoms with E-state index >= 15 is 0 Å². The Morgan fingerprint density at radius 3 is 2.60 bits per heavy atom. The molecule has 0 aliphatic carbocycles. The molecule has 0 saturated carbocycles. The number of thiazole rings is 1. The number of methoxy groups -OCH3 is 1. The molecule has 1 aromatic heterocycles. The summed E-state index contributed by atoms with van der Waals surface area (Å²) < 4.78 is 5.21. The fraction of sp³-hybridized carbons (Fsp3) is 0.304. The van der Waals surface area contributed by atoms with Gasteiger partial charge in [-0.1, -0.05) is 30.3 Å². The Balaban J connectivity index is 1.54. The molecule has 1 unspecified atom stereocenters. The predicted octanol–water partition coefficient (Wildman–Crippen LogP) is 4.00. The van der Waals surface area contributed by atoms with Gasteiger partial charge in [-0.25, -0.2) is 9.98 Å². The van der Waals surface area contributed by atoms with E-state index in [9.17, 15) is 5.11 Å². The van der Waals surface area contributed by atoms with E-state index in [1.165, 1.54) is 0 Å². The van der Waals surface area contributed by atoms with Crippen molar-refractivity contribution >= 4 is 17.3 Å². The molecule has 158 valence electrons. The molecule has 0 saturated heterocycles. The summed E-state index contributed by atoms with van der Waals surface area (Å²) in [7, 11) is 1.66. The molecule has 0 fully saturated rings. The second kappa shape index (κ2) is 11.3. The normalized spacial score (nSPS) is 12.4. The van der Waals surface area contributed by atoms with Crippen molar-refractivity contribution in [1.29, 1.82) is 0 Å². The number of hydrogen-bond acceptors (Lipinski definition) is 5. The maximum atomic E-state index is 10.3. The fourth-order valence-corrected chi connectivity index (χ4v) is 3.73. The first-order chi connectivity index (χ1) is 14.7. The van der Waals surface area contributed by atoms with Gasteiger partial charge < -0.3 is 20.5 Å². The summed E-state index contributed by atoms with van der Waals surface area (Å²) in [6.07, 6.45) is 0.111. The third-order valence-electron chi connectivity index (χ3n) is 4.53. The highest BCUT2D eigenvalue weighted by Crippen LogP contribution is 2.25. The smallest absolute Gasteiger partial charge is 0.191 e. The monoisotopic (exact) mass is 424 g/mol. The van der Waals surface area contributed by atoms with Crippen LogP contribution in [0.1, 0.15) is 30.7 Å². The first-order valence-electron chi connectivity index (χ1n) is 10.0. The third kappa shape index (κ3) is 6.30. The molecule has 6 nitrogen and oxygen atoms in total. The van der Waals surface area contributed by atoms with Gasteiger partial charge in [0.25, 0.3) is 0 Å². The number of rotatable bonds is 9. The van der Waals surface area contributed by atoms with Crippen LogP contribution in [0.25, 0.3) is 10.6 Å². The average Bonchev–Trinajstić information content (AvgIpc) is 3.27. The number of benzene rings is 2. The minimum Gasteiger partial charge on any atom is -0.497 e. The van der Waals surface area contributed by atoms with Crippen molar-refractivity contribution < 1.29 is 9.84 Å². The molecule has 2 aromatic carbocycles. The Labute approximate surface area is 181 Å². The number of hydrogen-bond donors (Lipinski definition) is 3. The largest absolute Gasteiger partial charge is 0.497 e. The van der Waals surface area contributed by atoms with Crippen LogP contribution in [0, 0.1) is 0 Å². The van der Waals surface area contributed by atoms with Crippen molar-refractivity contribution in [3.05, 3.63) is 71.2 Å². The van der Waals surface area contributed by atoms with Crippen LogP contribution in [0.15, 0.2) is 65.0 Å². The van der Waals surface area contributed by atoms with Crippen LogP contribution in [0.5, 0.6) is 5.75 Å². The molecular formula is C23H28N4O2S. The summed E-state index contributed by atoms with van der Waals surface area (Å²) in [5, 5.41) is 19.8. The molecule has 0 radical (unpaired) electrons. The topological polar surface area (TPSA) is 78.8 Å². The Kier molecular flexibility index (Phi) is 8.23. The van der Waals surface area contributed by atoms with Crippen molar-refractivity contribution in [3.63, 3.8) is 0 Å². The van der Waals surface area contributed by atoms with Gasteiger partial charge in [-0.2, -0.15) is 0 Å². The van der Waals surface area contributed by atoms with Crippen LogP contribution in [-0.4, -0.2) is 36.2 Å². The number of aliphatic hydroxyl groups is 1. The summed E-state index contributed by atoms with van der Waals surface area (Å²) in [4.78, 5) is 9.32. The molecule has 0 spiro atoms. The lowest BCUT2D eigenvalue weighted by Crippen LogP contribution is -2.38. The Bertz CT molecular complexity index is 926. The maximum Gasteiger partial charge on any atom is 0.191 e. The standard InChI is InChI=1S/C23H28N4O2S/c1-3-24-23(25-14-13-21(28)17-7-5-4-6-8-17)26-15-19-16-30-22(27-19)18-9-11-20(29-2)12-10-18/h4-12,16,21,28H,3,13-15H2,1-2H3,(H2,24,25,26). The van der Waals surface area contributed by atoms with Crippen molar-refractivity contribution in [3.8, 4) is 16.3 Å². The summed E-state index contributed by atoms with van der Waals surface area (Å²) in [6.45, 7) is 3.90. The highest BCUT2D eigenvalue weighted by molar-refractivity contribution is 7.13. The fourth-order valence-electron chi connectivity index (χ4n) is 2.92. The third-order valence-corrected chi connectivity index (χ3v) is 5.47. The minimum atomic E-state index is -0.493. The second-order valence-electron chi connectivity index (χ2n) is 6.71. The Hall–Kier alpha value is -2.90. The van der Waals surface area contributed by atoms with Gasteiger partial charge in [0.2, 0.25) is 0 Å². The molecule has 3 rings (SSSR count). The molecule has 7 heteroatoms. The van der Waals surface area contributed by atoms with Gasteiger partial charge in [0.1, 0.15) is 10.8 Å². The van der Waals surface area contributed by atoms with Gasteiger partial charge in [-0.05, 0) is 43.2 Å². The van der Waals surface area contributed by atoms with Crippen LogP contribution in [-0.2, 0) is 6.54 Å². The lowest BCUT2D eigenvalue weighted by Gasteiger charge is -2.14. The van der Waals surface area contributed by atoms with E-state index < -0.39 is 6.10 Å². The van der Waals surface area contributed by atoms with E-state index in [0.717, 1.165) is 40.1 Å². The highest BCUT2D eigenvalue weighted by Gasteiger charge is 2.08. The summed E-state index contributed by atoms with van der Waals surface area (Å²) in [5.41, 5.74) is 2.91. The van der Waals surface area contributed by atoms with Gasteiger partial charge in [0.05, 0.1) is 25.5 Å². The number of aromatic nitrogens is 1. The van der Waals surface area contributed by atoms with Crippen LogP contribution < -0.4 is 15.4 Å². The van der Waals surface area contributed by atoms with Crippen molar-refractivity contribution in [2.75, 3.05) is 20.2 Å². The van der Waals surface area contributed by atoms with Crippen LogP contribution in [0.3, 0.4) is 0 Å². The number of nitrogens with one attached hydrogen (secondary N) is 2. The molecule has 0 bridgehead atoms. The number of aliphatic imine (C=N–C) groups is 1. The number of guanidine groups is 1. The Morgan fingerprint density at radius 1 is 1.13 bits per heavy atom. The van der Waals surface area contributed by atoms with Crippen LogP contribution >= 0.6 is 11.3 Å². The maximum absolute atomic E-state index is 10.3. The summed E-state index contributed by atoms with van der Waals surface area (Å²) >= 11 is 1.61. The minimum absolute atomic E-state index is 0.489. The van der Waals surface area contributed by atoms with E-state index in [-0.39, 0.29) is 0 Å². The second-order valence-corrected chi connectivity index (χ2v) is 7.57. The van der Waals surface area contributed by atoms with E-state index in [1.54, 1.807) is 18.4 Å². The molecule has 1 atom stereocenters. The molecule has 3 aromatic rings. The van der Waals surface area contributed by atoms with Crippen molar-refractivity contribution in [2.24, 2.45) is 4.99 Å². The zero-order valence-electron chi connectivity index (χ0n) is 17.3. The molecular weight excluding hydrogens is 396 g/mol. The Morgan fingerprint density at radius 2 is 1.90 bits per heavy atom. The number of ether oxygens (including phenoxy) is 1. The highest BCUT2D eigenvalue weighted by atomic mass is 32.1. The first kappa shape index (κ1) is 21.8. The molecule has 3 N–H and O–H groups in total. The van der Waals surface area contributed by atoms with E-state index in [4.69, 9.17) is 9.72 Å². The average molecular weight is 425 g/mol. The van der Waals surface area contributed by atoms with Gasteiger partial charge in [-0.15, -0.1) is 11.3 Å². The summed E-state index contributed by atoms with van der Waals surface area (Å²) in [5.74, 6) is 1.55. The quantitative estimate of drug-likeness (QED) is 0.357. The zero-order valence-corrected chi connectivity index (χ0v) is 18.2.